The summed E-state index contributed by atoms with van der Waals surface area (Å²) in [5.41, 5.74) is 5.55. The lowest BCUT2D eigenvalue weighted by Gasteiger charge is -2.40. The van der Waals surface area contributed by atoms with Gasteiger partial charge in [0.05, 0.1) is 29.1 Å². The van der Waals surface area contributed by atoms with Crippen LogP contribution in [0.25, 0.3) is 16.7 Å². The van der Waals surface area contributed by atoms with E-state index in [1.165, 1.54) is 18.3 Å². The van der Waals surface area contributed by atoms with Gasteiger partial charge in [0.15, 0.2) is 0 Å². The molecule has 0 spiro atoms. The van der Waals surface area contributed by atoms with Crippen LogP contribution in [0, 0.1) is 0 Å². The third kappa shape index (κ3) is 5.45. The topological polar surface area (TPSA) is 156 Å². The third-order valence-corrected chi connectivity index (χ3v) is 8.75. The van der Waals surface area contributed by atoms with Gasteiger partial charge < -0.3 is 25.0 Å². The molecule has 1 unspecified atom stereocenters. The van der Waals surface area contributed by atoms with E-state index in [4.69, 9.17) is 9.37 Å². The van der Waals surface area contributed by atoms with Crippen LogP contribution in [0.1, 0.15) is 50.7 Å². The largest absolute Gasteiger partial charge is 0.478 e. The molecule has 4 heterocycles. The second-order valence-corrected chi connectivity index (χ2v) is 11.4. The number of hydrogen-bond donors (Lipinski definition) is 2. The maximum absolute atomic E-state index is 14.1. The molecule has 13 nitrogen and oxygen atoms in total. The highest BCUT2D eigenvalue weighted by atomic mass is 16.6. The van der Waals surface area contributed by atoms with E-state index >= 15 is 0 Å². The monoisotopic (exact) mass is 621 g/mol. The smallest absolute Gasteiger partial charge is 0.335 e. The first kappa shape index (κ1) is 29.2. The van der Waals surface area contributed by atoms with Crippen LogP contribution in [-0.2, 0) is 16.0 Å². The molecule has 46 heavy (non-hydrogen) atoms. The Morgan fingerprint density at radius 1 is 0.957 bits per heavy atom. The number of benzene rings is 3. The van der Waals surface area contributed by atoms with Crippen molar-refractivity contribution in [3.05, 3.63) is 95.3 Å². The predicted octanol–water partition coefficient (Wildman–Crippen LogP) is 4.10. The third-order valence-electron chi connectivity index (χ3n) is 8.75. The summed E-state index contributed by atoms with van der Waals surface area (Å²) in [6.07, 6.45) is 5.73. The van der Waals surface area contributed by atoms with Crippen molar-refractivity contribution >= 4 is 40.2 Å². The van der Waals surface area contributed by atoms with Gasteiger partial charge in [-0.05, 0) is 89.2 Å². The van der Waals surface area contributed by atoms with Crippen LogP contribution in [0.5, 0.6) is 0 Å². The number of fused-ring (bicyclic) bond motifs is 2. The van der Waals surface area contributed by atoms with E-state index in [0.717, 1.165) is 42.7 Å². The molecule has 0 saturated carbocycles. The number of nitrogens with one attached hydrogen (secondary N) is 1. The molecular weight excluding hydrogens is 590 g/mol. The molecule has 234 valence electrons. The van der Waals surface area contributed by atoms with Crippen LogP contribution in [0.2, 0.25) is 0 Å². The minimum absolute atomic E-state index is 0.107. The van der Waals surface area contributed by atoms with Crippen LogP contribution in [0.3, 0.4) is 0 Å². The Bertz CT molecular complexity index is 1930. The number of piperidine rings is 1. The molecule has 3 aromatic carbocycles. The minimum atomic E-state index is -1.06. The Hall–Kier alpha value is -5.56. The molecule has 0 aliphatic carbocycles. The van der Waals surface area contributed by atoms with Crippen molar-refractivity contribution in [2.75, 3.05) is 37.0 Å². The van der Waals surface area contributed by atoms with Crippen LogP contribution >= 0.6 is 0 Å². The van der Waals surface area contributed by atoms with Gasteiger partial charge in [-0.2, -0.15) is 5.10 Å². The number of carboxylic acids is 1. The fourth-order valence-corrected chi connectivity index (χ4v) is 6.34. The number of carbonyl (C=O) groups is 3. The quantitative estimate of drug-likeness (QED) is 0.271. The first-order valence-electron chi connectivity index (χ1n) is 15.0. The predicted molar refractivity (Wildman–Crippen MR) is 167 cm³/mol. The summed E-state index contributed by atoms with van der Waals surface area (Å²) < 4.78 is 11.9. The van der Waals surface area contributed by atoms with Crippen molar-refractivity contribution < 1.29 is 28.9 Å². The number of anilines is 2. The summed E-state index contributed by atoms with van der Waals surface area (Å²) in [7, 11) is 1.74. The van der Waals surface area contributed by atoms with Gasteiger partial charge in [0, 0.05) is 44.3 Å². The Morgan fingerprint density at radius 3 is 2.50 bits per heavy atom. The van der Waals surface area contributed by atoms with Crippen LogP contribution < -0.4 is 10.2 Å². The highest BCUT2D eigenvalue weighted by molar-refractivity contribution is 6.02. The lowest BCUT2D eigenvalue weighted by atomic mass is 9.89. The molecule has 2 aliphatic rings. The summed E-state index contributed by atoms with van der Waals surface area (Å²) in [6.45, 7) is 1.98. The zero-order chi connectivity index (χ0) is 31.8. The first-order chi connectivity index (χ1) is 22.4. The highest BCUT2D eigenvalue weighted by Crippen LogP contribution is 2.38. The molecule has 0 radical (unpaired) electrons. The van der Waals surface area contributed by atoms with Crippen LogP contribution in [0.4, 0.5) is 11.4 Å². The maximum atomic E-state index is 14.1. The van der Waals surface area contributed by atoms with Crippen molar-refractivity contribution in [2.45, 2.75) is 31.4 Å². The van der Waals surface area contributed by atoms with Gasteiger partial charge in [0.25, 0.3) is 11.8 Å². The highest BCUT2D eigenvalue weighted by Gasteiger charge is 2.38. The van der Waals surface area contributed by atoms with Crippen molar-refractivity contribution in [3.8, 4) is 5.69 Å². The number of carboxylic acid groups (broad SMARTS) is 1. The molecule has 7 rings (SSSR count). The second-order valence-electron chi connectivity index (χ2n) is 11.4. The Kier molecular flexibility index (Phi) is 7.66. The lowest BCUT2D eigenvalue weighted by molar-refractivity contribution is -0.121. The maximum Gasteiger partial charge on any atom is 0.335 e. The molecule has 5 aromatic rings. The van der Waals surface area contributed by atoms with Gasteiger partial charge in [0.2, 0.25) is 0 Å². The zero-order valence-corrected chi connectivity index (χ0v) is 25.0. The van der Waals surface area contributed by atoms with Crippen molar-refractivity contribution in [3.63, 3.8) is 0 Å². The van der Waals surface area contributed by atoms with Crippen LogP contribution in [-0.4, -0.2) is 80.7 Å². The number of aromatic carboxylic acids is 1. The van der Waals surface area contributed by atoms with E-state index in [2.05, 4.69) is 31.7 Å². The molecule has 2 N–H and O–H groups in total. The number of nitrogens with zero attached hydrogens (tertiary/aromatic N) is 6. The number of aromatic nitrogens is 4. The van der Waals surface area contributed by atoms with Gasteiger partial charge in [-0.1, -0.05) is 12.1 Å². The van der Waals surface area contributed by atoms with Gasteiger partial charge in [-0.15, -0.1) is 0 Å². The van der Waals surface area contributed by atoms with E-state index in [0.29, 0.717) is 40.9 Å². The summed E-state index contributed by atoms with van der Waals surface area (Å²) in [5, 5.41) is 24.3. The van der Waals surface area contributed by atoms with Gasteiger partial charge >= 0.3 is 5.97 Å². The number of amides is 2. The number of ether oxygens (including phenoxy) is 1. The zero-order valence-electron chi connectivity index (χ0n) is 25.0. The number of carbonyl (C=O) groups excluding carboxylic acids is 2. The Labute approximate surface area is 263 Å². The number of rotatable bonds is 7. The minimum Gasteiger partial charge on any atom is -0.478 e. The van der Waals surface area contributed by atoms with E-state index < -0.39 is 17.9 Å². The van der Waals surface area contributed by atoms with E-state index in [9.17, 15) is 19.5 Å². The average molecular weight is 622 g/mol. The van der Waals surface area contributed by atoms with E-state index in [1.807, 2.05) is 12.1 Å². The summed E-state index contributed by atoms with van der Waals surface area (Å²) in [4.78, 5) is 43.5. The van der Waals surface area contributed by atoms with Gasteiger partial charge in [0.1, 0.15) is 17.1 Å². The summed E-state index contributed by atoms with van der Waals surface area (Å²) >= 11 is 0. The molecule has 1 fully saturated rings. The van der Waals surface area contributed by atoms with Crippen molar-refractivity contribution in [1.82, 2.24) is 25.0 Å². The van der Waals surface area contributed by atoms with E-state index in [1.54, 1.807) is 53.2 Å². The number of methoxy groups -OCH3 is 1. The first-order valence-corrected chi connectivity index (χ1v) is 15.0. The van der Waals surface area contributed by atoms with Crippen LogP contribution in [0.15, 0.2) is 77.7 Å². The van der Waals surface area contributed by atoms with Crippen molar-refractivity contribution in [1.29, 1.82) is 0 Å². The average Bonchev–Trinajstić information content (AvgIpc) is 3.77. The van der Waals surface area contributed by atoms with Crippen molar-refractivity contribution in [2.24, 2.45) is 0 Å². The molecule has 1 saturated heterocycles. The molecular formula is C33H31N7O6. The normalized spacial score (nSPS) is 16.8. The standard InChI is InChI=1S/C33H31N7O6/c1-45-24-11-14-38(15-12-24)29-4-2-3-26-25(29)13-16-39(30(26)31(41)35-22-7-5-20(6-8-22)33(43)44)32(42)21-18-34-40(19-21)23-9-10-27-28(17-23)37-46-36-27/h2-10,17-19,24,30H,11-16H2,1H3,(H,35,41)(H,43,44). The molecule has 2 amide bonds. The SMILES string of the molecule is COC1CCN(c2cccc3c2CCN(C(=O)c2cnn(-c4ccc5nonc5c4)c2)C3C(=O)Nc2ccc(C(=O)O)cc2)CC1. The summed E-state index contributed by atoms with van der Waals surface area (Å²) in [6, 6.07) is 16.2. The lowest BCUT2D eigenvalue weighted by Crippen LogP contribution is -2.46. The fourth-order valence-electron chi connectivity index (χ4n) is 6.34. The van der Waals surface area contributed by atoms with E-state index in [-0.39, 0.29) is 17.6 Å². The number of hydrogen-bond acceptors (Lipinski definition) is 9. The van der Waals surface area contributed by atoms with Gasteiger partial charge in [-0.3, -0.25) is 9.59 Å². The molecule has 13 heteroatoms. The Balaban J connectivity index is 1.21. The Morgan fingerprint density at radius 2 is 1.74 bits per heavy atom. The summed E-state index contributed by atoms with van der Waals surface area (Å²) in [5.74, 6) is -1.80. The molecule has 2 aromatic heterocycles. The second kappa shape index (κ2) is 12.1. The molecule has 0 bridgehead atoms. The fraction of sp³-hybridized carbons (Fsp3) is 0.273. The molecule has 1 atom stereocenters. The molecule has 2 aliphatic heterocycles. The van der Waals surface area contributed by atoms with Gasteiger partial charge in [-0.25, -0.2) is 14.1 Å².